The van der Waals surface area contributed by atoms with Crippen LogP contribution in [0.4, 0.5) is 0 Å². The summed E-state index contributed by atoms with van der Waals surface area (Å²) in [6, 6.07) is 5.37. The summed E-state index contributed by atoms with van der Waals surface area (Å²) in [7, 11) is 0. The van der Waals surface area contributed by atoms with Gasteiger partial charge in [-0.15, -0.1) is 0 Å². The Morgan fingerprint density at radius 3 is 2.74 bits per heavy atom. The van der Waals surface area contributed by atoms with E-state index in [-0.39, 0.29) is 24.8 Å². The Bertz CT molecular complexity index is 584. The van der Waals surface area contributed by atoms with E-state index in [1.165, 1.54) is 0 Å². The first-order valence-electron chi connectivity index (χ1n) is 7.92. The highest BCUT2D eigenvalue weighted by atomic mass is 16.7. The van der Waals surface area contributed by atoms with E-state index in [4.69, 9.17) is 14.2 Å². The molecular weight excluding hydrogens is 296 g/mol. The quantitative estimate of drug-likeness (QED) is 0.669. The van der Waals surface area contributed by atoms with Crippen molar-refractivity contribution in [1.29, 1.82) is 0 Å². The van der Waals surface area contributed by atoms with Gasteiger partial charge in [-0.1, -0.05) is 20.8 Å². The van der Waals surface area contributed by atoms with Crippen molar-refractivity contribution < 1.29 is 19.0 Å². The fourth-order valence-electron chi connectivity index (χ4n) is 1.85. The van der Waals surface area contributed by atoms with Crippen molar-refractivity contribution >= 4 is 11.9 Å². The van der Waals surface area contributed by atoms with Crippen LogP contribution in [0.25, 0.3) is 0 Å². The Morgan fingerprint density at radius 1 is 1.30 bits per heavy atom. The van der Waals surface area contributed by atoms with Crippen LogP contribution >= 0.6 is 0 Å². The number of ether oxygens (including phenoxy) is 3. The number of carbonyl (C=O) groups excluding carboxylic acids is 1. The summed E-state index contributed by atoms with van der Waals surface area (Å²) in [5.74, 6) is 1.29. The average Bonchev–Trinajstić information content (AvgIpc) is 2.99. The van der Waals surface area contributed by atoms with Gasteiger partial charge in [0.05, 0.1) is 12.6 Å². The number of carbonyl (C=O) groups is 1. The second-order valence-electron chi connectivity index (χ2n) is 5.79. The highest BCUT2D eigenvalue weighted by Crippen LogP contribution is 2.32. The number of nitrogens with one attached hydrogen (secondary N) is 1. The van der Waals surface area contributed by atoms with Gasteiger partial charge in [0.15, 0.2) is 11.5 Å². The maximum atomic E-state index is 12.4. The van der Waals surface area contributed by atoms with Crippen molar-refractivity contribution in [3.05, 3.63) is 23.8 Å². The molecule has 0 radical (unpaired) electrons. The van der Waals surface area contributed by atoms with Crippen LogP contribution in [-0.4, -0.2) is 31.4 Å². The molecule has 0 fully saturated rings. The number of rotatable bonds is 5. The summed E-state index contributed by atoms with van der Waals surface area (Å²) in [4.78, 5) is 16.9. The van der Waals surface area contributed by atoms with Crippen molar-refractivity contribution in [3.8, 4) is 11.5 Å². The van der Waals surface area contributed by atoms with E-state index >= 15 is 0 Å². The minimum Gasteiger partial charge on any atom is -0.465 e. The average molecular weight is 320 g/mol. The molecule has 0 spiro atoms. The van der Waals surface area contributed by atoms with E-state index in [0.29, 0.717) is 29.6 Å². The van der Waals surface area contributed by atoms with Crippen LogP contribution in [0.3, 0.4) is 0 Å². The lowest BCUT2D eigenvalue weighted by Crippen LogP contribution is -2.34. The Labute approximate surface area is 136 Å². The lowest BCUT2D eigenvalue weighted by atomic mass is 10.1. The number of hydrogen-bond acceptors (Lipinski definition) is 5. The van der Waals surface area contributed by atoms with Gasteiger partial charge in [0.2, 0.25) is 6.79 Å². The summed E-state index contributed by atoms with van der Waals surface area (Å²) in [5, 5.41) is 2.74. The Morgan fingerprint density at radius 2 is 2.04 bits per heavy atom. The Hall–Kier alpha value is -2.24. The smallest absolute Gasteiger partial charge is 0.291 e. The second-order valence-corrected chi connectivity index (χ2v) is 5.79. The molecule has 1 aromatic rings. The molecule has 1 atom stereocenters. The molecule has 1 aromatic carbocycles. The second kappa shape index (κ2) is 7.85. The van der Waals surface area contributed by atoms with Gasteiger partial charge in [-0.2, -0.15) is 0 Å². The molecule has 1 N–H and O–H groups in total. The Balaban J connectivity index is 2.10. The fourth-order valence-corrected chi connectivity index (χ4v) is 1.85. The van der Waals surface area contributed by atoms with E-state index in [9.17, 15) is 4.79 Å². The molecule has 0 aromatic heterocycles. The van der Waals surface area contributed by atoms with Crippen LogP contribution in [0.2, 0.25) is 0 Å². The third kappa shape index (κ3) is 4.61. The van der Waals surface area contributed by atoms with Gasteiger partial charge in [-0.25, -0.2) is 4.99 Å². The van der Waals surface area contributed by atoms with Gasteiger partial charge in [-0.05, 0) is 37.5 Å². The van der Waals surface area contributed by atoms with Crippen LogP contribution in [-0.2, 0) is 4.74 Å². The van der Waals surface area contributed by atoms with E-state index in [0.717, 1.165) is 6.42 Å². The lowest BCUT2D eigenvalue weighted by Gasteiger charge is -2.15. The third-order valence-corrected chi connectivity index (χ3v) is 3.58. The van der Waals surface area contributed by atoms with Gasteiger partial charge in [0, 0.05) is 5.56 Å². The number of fused-ring (bicyclic) bond motifs is 1. The molecule has 23 heavy (non-hydrogen) atoms. The van der Waals surface area contributed by atoms with E-state index in [2.05, 4.69) is 24.2 Å². The summed E-state index contributed by atoms with van der Waals surface area (Å²) in [5.41, 5.74) is 0.472. The highest BCUT2D eigenvalue weighted by molar-refractivity contribution is 6.04. The zero-order valence-corrected chi connectivity index (χ0v) is 14.1. The molecule has 1 aliphatic rings. The number of nitrogens with zero attached hydrogens (tertiary/aromatic N) is 1. The molecule has 0 saturated carbocycles. The number of hydrogen-bond donors (Lipinski definition) is 1. The van der Waals surface area contributed by atoms with Gasteiger partial charge < -0.3 is 14.2 Å². The number of benzene rings is 1. The summed E-state index contributed by atoms with van der Waals surface area (Å²) in [6.45, 7) is 8.83. The van der Waals surface area contributed by atoms with E-state index < -0.39 is 0 Å². The van der Waals surface area contributed by atoms with Gasteiger partial charge in [0.25, 0.3) is 11.9 Å². The first-order valence-corrected chi connectivity index (χ1v) is 7.92. The van der Waals surface area contributed by atoms with Crippen LogP contribution in [0, 0.1) is 5.92 Å². The first-order chi connectivity index (χ1) is 11.0. The van der Waals surface area contributed by atoms with Crippen molar-refractivity contribution in [1.82, 2.24) is 5.32 Å². The molecule has 0 saturated heterocycles. The van der Waals surface area contributed by atoms with Gasteiger partial charge in [0.1, 0.15) is 0 Å². The maximum Gasteiger partial charge on any atom is 0.291 e. The predicted molar refractivity (Wildman–Crippen MR) is 88.0 cm³/mol. The first kappa shape index (κ1) is 17.1. The molecule has 0 aliphatic carbocycles. The minimum atomic E-state index is -0.283. The van der Waals surface area contributed by atoms with Crippen LogP contribution in [0.15, 0.2) is 23.2 Å². The van der Waals surface area contributed by atoms with Crippen LogP contribution in [0.1, 0.15) is 44.5 Å². The monoisotopic (exact) mass is 320 g/mol. The molecule has 2 rings (SSSR count). The van der Waals surface area contributed by atoms with Crippen molar-refractivity contribution in [2.75, 3.05) is 13.4 Å². The van der Waals surface area contributed by atoms with E-state index in [1.807, 2.05) is 13.8 Å². The molecular formula is C17H24N2O4. The summed E-state index contributed by atoms with van der Waals surface area (Å²) < 4.78 is 16.1. The molecule has 6 nitrogen and oxygen atoms in total. The largest absolute Gasteiger partial charge is 0.465 e. The third-order valence-electron chi connectivity index (χ3n) is 3.58. The van der Waals surface area contributed by atoms with Crippen molar-refractivity contribution in [3.63, 3.8) is 0 Å². The van der Waals surface area contributed by atoms with E-state index in [1.54, 1.807) is 18.2 Å². The summed E-state index contributed by atoms with van der Waals surface area (Å²) in [6.07, 6.45) is 0.842. The number of amides is 1. The summed E-state index contributed by atoms with van der Waals surface area (Å²) >= 11 is 0. The standard InChI is InChI=1S/C17H24N2O4/c1-5-8-21-17(18-12(4)11(2)3)19-16(20)13-6-7-14-15(9-13)23-10-22-14/h6-7,9,11-12H,5,8,10H2,1-4H3,(H,18,19,20)/t12-/m1/s1. The topological polar surface area (TPSA) is 69.2 Å². The number of aliphatic imine (C=N–C) groups is 1. The Kier molecular flexibility index (Phi) is 5.84. The van der Waals surface area contributed by atoms with Gasteiger partial charge >= 0.3 is 0 Å². The zero-order chi connectivity index (χ0) is 16.8. The highest BCUT2D eigenvalue weighted by Gasteiger charge is 2.18. The SMILES string of the molecule is CCCOC(=N[C@H](C)C(C)C)NC(=O)c1ccc2c(c1)OCO2. The molecule has 0 unspecified atom stereocenters. The fraction of sp³-hybridized carbons (Fsp3) is 0.529. The molecule has 0 bridgehead atoms. The van der Waals surface area contributed by atoms with Crippen molar-refractivity contribution in [2.24, 2.45) is 10.9 Å². The maximum absolute atomic E-state index is 12.4. The normalized spacial score (nSPS) is 14.7. The molecule has 1 amide bonds. The predicted octanol–water partition coefficient (Wildman–Crippen LogP) is 2.97. The van der Waals surface area contributed by atoms with Gasteiger partial charge in [-0.3, -0.25) is 10.1 Å². The molecule has 1 aliphatic heterocycles. The van der Waals surface area contributed by atoms with Crippen LogP contribution < -0.4 is 14.8 Å². The lowest BCUT2D eigenvalue weighted by molar-refractivity contribution is 0.0964. The molecule has 1 heterocycles. The molecule has 6 heteroatoms. The minimum absolute atomic E-state index is 0.0545. The number of amidine groups is 1. The molecule has 126 valence electrons. The zero-order valence-electron chi connectivity index (χ0n) is 14.1. The van der Waals surface area contributed by atoms with Crippen molar-refractivity contribution in [2.45, 2.75) is 40.2 Å². The van der Waals surface area contributed by atoms with Crippen LogP contribution in [0.5, 0.6) is 11.5 Å².